The molecule has 0 aliphatic heterocycles. The van der Waals surface area contributed by atoms with Crippen molar-refractivity contribution in [2.75, 3.05) is 26.1 Å². The van der Waals surface area contributed by atoms with Gasteiger partial charge in [0.2, 0.25) is 0 Å². The van der Waals surface area contributed by atoms with Crippen molar-refractivity contribution in [1.82, 2.24) is 5.32 Å². The van der Waals surface area contributed by atoms with E-state index in [1.54, 1.807) is 48.5 Å². The molecule has 0 aromatic carbocycles. The zero-order valence-electron chi connectivity index (χ0n) is 18.5. The van der Waals surface area contributed by atoms with Gasteiger partial charge in [0.05, 0.1) is 20.3 Å². The number of nitrogens with one attached hydrogen (secondary N) is 1. The lowest BCUT2D eigenvalue weighted by atomic mass is 9.95. The van der Waals surface area contributed by atoms with Crippen LogP contribution in [0.3, 0.4) is 0 Å². The summed E-state index contributed by atoms with van der Waals surface area (Å²) in [6.45, 7) is 11.9. The van der Waals surface area contributed by atoms with Crippen molar-refractivity contribution in [3.8, 4) is 0 Å². The molecule has 1 atom stereocenters. The van der Waals surface area contributed by atoms with E-state index in [0.29, 0.717) is 0 Å². The zero-order valence-corrected chi connectivity index (χ0v) is 19.3. The summed E-state index contributed by atoms with van der Waals surface area (Å²) in [5, 5.41) is 2.46. The molecule has 10 heteroatoms. The summed E-state index contributed by atoms with van der Waals surface area (Å²) < 4.78 is 19.0. The van der Waals surface area contributed by atoms with Gasteiger partial charge in [-0.25, -0.2) is 9.59 Å². The van der Waals surface area contributed by atoms with Crippen molar-refractivity contribution in [3.05, 3.63) is 0 Å². The minimum absolute atomic E-state index is 0.0359. The fraction of sp³-hybridized carbons (Fsp3) is 0.789. The summed E-state index contributed by atoms with van der Waals surface area (Å²) >= 11 is 1.13. The highest BCUT2D eigenvalue weighted by molar-refractivity contribution is 8.00. The lowest BCUT2D eigenvalue weighted by Crippen LogP contribution is -2.48. The van der Waals surface area contributed by atoms with Gasteiger partial charge < -0.3 is 24.3 Å². The molecule has 0 unspecified atom stereocenters. The first kappa shape index (κ1) is 27.0. The maximum atomic E-state index is 12.4. The summed E-state index contributed by atoms with van der Waals surface area (Å²) in [6, 6.07) is -1.04. The lowest BCUT2D eigenvalue weighted by molar-refractivity contribution is -0.162. The molecule has 0 fully saturated rings. The molecule has 29 heavy (non-hydrogen) atoms. The van der Waals surface area contributed by atoms with E-state index < -0.39 is 46.3 Å². The third-order valence-electron chi connectivity index (χ3n) is 3.54. The van der Waals surface area contributed by atoms with Crippen LogP contribution in [0.4, 0.5) is 4.79 Å². The fourth-order valence-electron chi connectivity index (χ4n) is 2.26. The second-order valence-corrected chi connectivity index (χ2v) is 9.25. The number of alkyl carbamates (subject to hydrolysis) is 1. The predicted molar refractivity (Wildman–Crippen MR) is 108 cm³/mol. The standard InChI is InChI=1S/C19H33NO8S/c1-9-26-15(22)13(16(23)27-10-2)19(6,7)29-11-12(14(21)25-8)20-17(24)28-18(3,4)5/h12-13H,9-11H2,1-8H3,(H,20,24)/t12-/m0/s1. The van der Waals surface area contributed by atoms with Crippen LogP contribution in [-0.2, 0) is 33.3 Å². The van der Waals surface area contributed by atoms with Crippen LogP contribution in [0.5, 0.6) is 0 Å². The Labute approximate surface area is 176 Å². The number of hydrogen-bond donors (Lipinski definition) is 1. The second kappa shape index (κ2) is 11.9. The Morgan fingerprint density at radius 2 is 1.38 bits per heavy atom. The zero-order chi connectivity index (χ0) is 22.8. The monoisotopic (exact) mass is 435 g/mol. The number of ether oxygens (including phenoxy) is 4. The Kier molecular flexibility index (Phi) is 11.1. The number of carbonyl (C=O) groups is 4. The van der Waals surface area contributed by atoms with Gasteiger partial charge in [-0.15, -0.1) is 0 Å². The van der Waals surface area contributed by atoms with Crippen molar-refractivity contribution >= 4 is 35.8 Å². The molecule has 168 valence electrons. The maximum Gasteiger partial charge on any atom is 0.408 e. The average Bonchev–Trinajstić information content (AvgIpc) is 2.56. The topological polar surface area (TPSA) is 117 Å². The minimum Gasteiger partial charge on any atom is -0.467 e. The van der Waals surface area contributed by atoms with Crippen molar-refractivity contribution in [3.63, 3.8) is 0 Å². The van der Waals surface area contributed by atoms with Crippen molar-refractivity contribution < 1.29 is 38.1 Å². The second-order valence-electron chi connectivity index (χ2n) is 7.57. The van der Waals surface area contributed by atoms with Crippen LogP contribution >= 0.6 is 11.8 Å². The Bertz CT molecular complexity index is 567. The van der Waals surface area contributed by atoms with Gasteiger partial charge in [-0.1, -0.05) is 0 Å². The third-order valence-corrected chi connectivity index (χ3v) is 5.02. The molecule has 0 aliphatic rings. The van der Waals surface area contributed by atoms with Crippen LogP contribution in [0.2, 0.25) is 0 Å². The fourth-order valence-corrected chi connectivity index (χ4v) is 3.43. The number of esters is 3. The highest BCUT2D eigenvalue weighted by atomic mass is 32.2. The number of amides is 1. The van der Waals surface area contributed by atoms with E-state index in [9.17, 15) is 19.2 Å². The Morgan fingerprint density at radius 1 is 0.897 bits per heavy atom. The van der Waals surface area contributed by atoms with Gasteiger partial charge in [0.15, 0.2) is 5.92 Å². The molecule has 0 spiro atoms. The molecule has 0 aromatic rings. The molecular formula is C19H33NO8S. The third kappa shape index (κ3) is 9.87. The van der Waals surface area contributed by atoms with Crippen LogP contribution in [0.1, 0.15) is 48.5 Å². The molecule has 9 nitrogen and oxygen atoms in total. The van der Waals surface area contributed by atoms with Gasteiger partial charge in [-0.2, -0.15) is 11.8 Å². The minimum atomic E-state index is -1.20. The number of hydrogen-bond acceptors (Lipinski definition) is 9. The number of methoxy groups -OCH3 is 1. The first-order valence-corrected chi connectivity index (χ1v) is 10.3. The van der Waals surface area contributed by atoms with Crippen LogP contribution in [0, 0.1) is 5.92 Å². The van der Waals surface area contributed by atoms with Gasteiger partial charge in [-0.3, -0.25) is 9.59 Å². The van der Waals surface area contributed by atoms with E-state index >= 15 is 0 Å². The first-order chi connectivity index (χ1) is 13.3. The van der Waals surface area contributed by atoms with E-state index in [2.05, 4.69) is 5.32 Å². The largest absolute Gasteiger partial charge is 0.467 e. The molecule has 1 N–H and O–H groups in total. The van der Waals surface area contributed by atoms with Crippen LogP contribution in [0.15, 0.2) is 0 Å². The lowest BCUT2D eigenvalue weighted by Gasteiger charge is -2.31. The molecule has 0 saturated heterocycles. The Hall–Kier alpha value is -1.97. The molecule has 0 bridgehead atoms. The molecule has 0 aromatic heterocycles. The van der Waals surface area contributed by atoms with Crippen molar-refractivity contribution in [1.29, 1.82) is 0 Å². The molecule has 0 aliphatic carbocycles. The van der Waals surface area contributed by atoms with Crippen LogP contribution in [-0.4, -0.2) is 66.5 Å². The van der Waals surface area contributed by atoms with Crippen molar-refractivity contribution in [2.45, 2.75) is 64.9 Å². The summed E-state index contributed by atoms with van der Waals surface area (Å²) in [6.07, 6.45) is -0.779. The summed E-state index contributed by atoms with van der Waals surface area (Å²) in [5.41, 5.74) is -0.740. The van der Waals surface area contributed by atoms with Gasteiger partial charge in [0, 0.05) is 10.5 Å². The molecule has 0 radical (unpaired) electrons. The molecule has 0 saturated carbocycles. The summed E-state index contributed by atoms with van der Waals surface area (Å²) in [4.78, 5) is 48.8. The summed E-state index contributed by atoms with van der Waals surface area (Å²) in [7, 11) is 1.20. The van der Waals surface area contributed by atoms with Crippen molar-refractivity contribution in [2.24, 2.45) is 5.92 Å². The SMILES string of the molecule is CCOC(=O)C(C(=O)OCC)C(C)(C)SC[C@H](NC(=O)OC(C)(C)C)C(=O)OC. The number of rotatable bonds is 10. The smallest absolute Gasteiger partial charge is 0.408 e. The highest BCUT2D eigenvalue weighted by Crippen LogP contribution is 2.35. The Morgan fingerprint density at radius 3 is 1.76 bits per heavy atom. The van der Waals surface area contributed by atoms with Gasteiger partial charge in [-0.05, 0) is 48.5 Å². The van der Waals surface area contributed by atoms with Crippen LogP contribution in [0.25, 0.3) is 0 Å². The van der Waals surface area contributed by atoms with Gasteiger partial charge >= 0.3 is 24.0 Å². The predicted octanol–water partition coefficient (Wildman–Crippen LogP) is 2.31. The normalized spacial score (nSPS) is 12.7. The highest BCUT2D eigenvalue weighted by Gasteiger charge is 2.44. The Balaban J connectivity index is 5.38. The average molecular weight is 436 g/mol. The van der Waals surface area contributed by atoms with Crippen LogP contribution < -0.4 is 5.32 Å². The number of thioether (sulfide) groups is 1. The number of carbonyl (C=O) groups excluding carboxylic acids is 4. The molecular weight excluding hydrogens is 402 g/mol. The quantitative estimate of drug-likeness (QED) is 0.313. The molecule has 0 heterocycles. The van der Waals surface area contributed by atoms with E-state index in [0.717, 1.165) is 11.8 Å². The van der Waals surface area contributed by atoms with E-state index in [-0.39, 0.29) is 19.0 Å². The van der Waals surface area contributed by atoms with E-state index in [1.807, 2.05) is 0 Å². The summed E-state index contributed by atoms with van der Waals surface area (Å²) in [5.74, 6) is -3.26. The molecule has 0 rings (SSSR count). The van der Waals surface area contributed by atoms with Gasteiger partial charge in [0.25, 0.3) is 0 Å². The first-order valence-electron chi connectivity index (χ1n) is 9.33. The molecule has 1 amide bonds. The maximum absolute atomic E-state index is 12.4. The van der Waals surface area contributed by atoms with E-state index in [4.69, 9.17) is 18.9 Å². The van der Waals surface area contributed by atoms with E-state index in [1.165, 1.54) is 7.11 Å². The van der Waals surface area contributed by atoms with Gasteiger partial charge in [0.1, 0.15) is 11.6 Å².